The van der Waals surface area contributed by atoms with Crippen LogP contribution in [0.3, 0.4) is 0 Å². The number of nitrogens with zero attached hydrogens (tertiary/aromatic N) is 3. The van der Waals surface area contributed by atoms with Crippen LogP contribution in [0.5, 0.6) is 0 Å². The smallest absolute Gasteiger partial charge is 0.308 e. The molecule has 9 aromatic carbocycles. The predicted octanol–water partition coefficient (Wildman–Crippen LogP) is 18.5. The van der Waals surface area contributed by atoms with Crippen LogP contribution in [0.25, 0.3) is 106 Å². The largest absolute Gasteiger partial charge is 0.416 e. The monoisotopic (exact) mass is 969 g/mol. The lowest BCUT2D eigenvalue weighted by atomic mass is 9.91. The van der Waals surface area contributed by atoms with Gasteiger partial charge >= 0.3 is 12.4 Å². The molecule has 0 bridgehead atoms. The van der Waals surface area contributed by atoms with E-state index in [1.54, 1.807) is 24.3 Å². The summed E-state index contributed by atoms with van der Waals surface area (Å²) in [6.45, 7) is 8.21. The Morgan fingerprint density at radius 1 is 0.329 bits per heavy atom. The molecule has 0 aliphatic carbocycles. The van der Waals surface area contributed by atoms with E-state index in [2.05, 4.69) is 76.2 Å². The number of hydrogen-bond donors (Lipinski definition) is 0. The van der Waals surface area contributed by atoms with Gasteiger partial charge in [0.15, 0.2) is 5.82 Å². The van der Waals surface area contributed by atoms with Crippen molar-refractivity contribution in [3.63, 3.8) is 0 Å². The molecular weight excluding hydrogens is 925 g/mol. The highest BCUT2D eigenvalue weighted by Crippen LogP contribution is 2.47. The molecule has 0 saturated heterocycles. The molecule has 2 aromatic heterocycles. The summed E-state index contributed by atoms with van der Waals surface area (Å²) in [6, 6.07) is 59.7. The topological polar surface area (TPSA) is 30.7 Å². The Balaban J connectivity index is 1.29. The van der Waals surface area contributed by atoms with E-state index in [-0.39, 0.29) is 17.0 Å². The van der Waals surface area contributed by atoms with Crippen molar-refractivity contribution >= 4 is 21.8 Å². The first-order valence-electron chi connectivity index (χ1n) is 23.8. The van der Waals surface area contributed by atoms with Gasteiger partial charge in [0, 0.05) is 38.6 Å². The van der Waals surface area contributed by atoms with Gasteiger partial charge in [-0.05, 0) is 128 Å². The lowest BCUT2D eigenvalue weighted by molar-refractivity contribution is -0.138. The molecule has 0 aliphatic rings. The maximum Gasteiger partial charge on any atom is 0.416 e. The fourth-order valence-electron chi connectivity index (χ4n) is 10.2. The normalized spacial score (nSPS) is 12.0. The summed E-state index contributed by atoms with van der Waals surface area (Å²) in [7, 11) is 0. The number of benzene rings is 9. The summed E-state index contributed by atoms with van der Waals surface area (Å²) in [5.41, 5.74) is 12.5. The van der Waals surface area contributed by atoms with E-state index in [1.165, 1.54) is 12.1 Å². The van der Waals surface area contributed by atoms with E-state index in [9.17, 15) is 26.3 Å². The van der Waals surface area contributed by atoms with Gasteiger partial charge < -0.3 is 4.57 Å². The average Bonchev–Trinajstić information content (AvgIpc) is 3.70. The second-order valence-corrected chi connectivity index (χ2v) is 18.8. The minimum absolute atomic E-state index is 0.191. The first kappa shape index (κ1) is 46.8. The third kappa shape index (κ3) is 9.19. The van der Waals surface area contributed by atoms with E-state index in [0.29, 0.717) is 44.8 Å². The quantitative estimate of drug-likeness (QED) is 0.142. The third-order valence-electron chi connectivity index (χ3n) is 13.3. The zero-order valence-electron chi connectivity index (χ0n) is 40.2. The Labute approximate surface area is 418 Å². The predicted molar refractivity (Wildman–Crippen MR) is 283 cm³/mol. The molecule has 0 atom stereocenters. The number of halogens is 6. The molecule has 358 valence electrons. The fraction of sp³-hybridized carbons (Fsp3) is 0.0938. The van der Waals surface area contributed by atoms with Gasteiger partial charge in [0.05, 0.1) is 39.2 Å². The SMILES string of the molecule is Cc1cc(C)cc(-c2ccc3c(c2)c2cc(-c4cc(C)cc(C)c4)ccc2n3-c2c(-c3cccc(C(F)(F)F)c3)cc(-c3nc(-c4ccccc4)cc(-c4ccccc4)n3)cc2-c2cccc(C(F)(F)F)c2)c1. The molecular formula is C64H45F6N3. The van der Waals surface area contributed by atoms with Gasteiger partial charge in [-0.1, -0.05) is 156 Å². The van der Waals surface area contributed by atoms with Crippen LogP contribution in [0.1, 0.15) is 33.4 Å². The molecule has 3 nitrogen and oxygen atoms in total. The summed E-state index contributed by atoms with van der Waals surface area (Å²) in [4.78, 5) is 10.2. The summed E-state index contributed by atoms with van der Waals surface area (Å²) in [6.07, 6.45) is -9.42. The van der Waals surface area contributed by atoms with Crippen molar-refractivity contribution in [1.82, 2.24) is 14.5 Å². The maximum atomic E-state index is 14.9. The number of aryl methyl sites for hydroxylation is 4. The minimum Gasteiger partial charge on any atom is -0.308 e. The Hall–Kier alpha value is -8.56. The van der Waals surface area contributed by atoms with E-state index in [0.717, 1.165) is 90.7 Å². The molecule has 0 saturated carbocycles. The highest BCUT2D eigenvalue weighted by molar-refractivity contribution is 6.13. The van der Waals surface area contributed by atoms with Crippen LogP contribution in [-0.2, 0) is 12.4 Å². The Bertz CT molecular complexity index is 3640. The van der Waals surface area contributed by atoms with Crippen molar-refractivity contribution in [3.05, 3.63) is 234 Å². The molecule has 0 spiro atoms. The van der Waals surface area contributed by atoms with Crippen LogP contribution in [0.15, 0.2) is 200 Å². The van der Waals surface area contributed by atoms with Crippen LogP contribution in [0.2, 0.25) is 0 Å². The van der Waals surface area contributed by atoms with Crippen molar-refractivity contribution < 1.29 is 26.3 Å². The van der Waals surface area contributed by atoms with E-state index >= 15 is 0 Å². The zero-order chi connectivity index (χ0) is 50.8. The van der Waals surface area contributed by atoms with Crippen LogP contribution < -0.4 is 0 Å². The standard InChI is InChI=1S/C64H45F6N3/c1-38-25-39(2)28-48(27-38)44-21-23-59-55(33-44)56-34-45(49-29-40(3)26-41(4)30-49)22-24-60(56)73(59)61-53(46-17-11-19-51(31-46)63(65,66)67)35-50(36-54(61)47-18-12-20-52(32-47)64(68,69)70)62-71-57(42-13-7-5-8-14-42)37-58(72-62)43-15-9-6-10-16-43/h5-37H,1-4H3. The number of aromatic nitrogens is 3. The number of alkyl halides is 6. The number of rotatable bonds is 8. The minimum atomic E-state index is -4.71. The van der Waals surface area contributed by atoms with Crippen molar-refractivity contribution in [2.45, 2.75) is 40.0 Å². The van der Waals surface area contributed by atoms with Gasteiger partial charge in [0.1, 0.15) is 0 Å². The number of hydrogen-bond acceptors (Lipinski definition) is 2. The van der Waals surface area contributed by atoms with Gasteiger partial charge in [-0.15, -0.1) is 0 Å². The summed E-state index contributed by atoms with van der Waals surface area (Å²) in [5, 5.41) is 1.69. The maximum absolute atomic E-state index is 14.9. The van der Waals surface area contributed by atoms with Crippen molar-refractivity contribution in [2.24, 2.45) is 0 Å². The molecule has 0 unspecified atom stereocenters. The lowest BCUT2D eigenvalue weighted by Gasteiger charge is -2.22. The first-order valence-corrected chi connectivity index (χ1v) is 23.8. The van der Waals surface area contributed by atoms with Gasteiger partial charge in [-0.3, -0.25) is 0 Å². The molecule has 11 aromatic rings. The van der Waals surface area contributed by atoms with Crippen molar-refractivity contribution in [2.75, 3.05) is 0 Å². The van der Waals surface area contributed by atoms with Crippen molar-refractivity contribution in [3.8, 4) is 84.1 Å². The lowest BCUT2D eigenvalue weighted by Crippen LogP contribution is -2.07. The highest BCUT2D eigenvalue weighted by atomic mass is 19.4. The van der Waals surface area contributed by atoms with Crippen LogP contribution >= 0.6 is 0 Å². The van der Waals surface area contributed by atoms with Crippen LogP contribution in [0, 0.1) is 27.7 Å². The molecule has 0 amide bonds. The highest BCUT2D eigenvalue weighted by Gasteiger charge is 2.33. The first-order chi connectivity index (χ1) is 35.0. The van der Waals surface area contributed by atoms with Gasteiger partial charge in [0.25, 0.3) is 0 Å². The molecule has 2 heterocycles. The Morgan fingerprint density at radius 2 is 0.726 bits per heavy atom. The molecule has 0 radical (unpaired) electrons. The number of fused-ring (bicyclic) bond motifs is 3. The second-order valence-electron chi connectivity index (χ2n) is 18.8. The Kier molecular flexibility index (Phi) is 11.7. The molecule has 0 aliphatic heterocycles. The third-order valence-corrected chi connectivity index (χ3v) is 13.3. The zero-order valence-corrected chi connectivity index (χ0v) is 40.2. The molecule has 9 heteroatoms. The average molecular weight is 970 g/mol. The van der Waals surface area contributed by atoms with Gasteiger partial charge in [0.2, 0.25) is 0 Å². The van der Waals surface area contributed by atoms with Crippen molar-refractivity contribution in [1.29, 1.82) is 0 Å². The van der Waals surface area contributed by atoms with Crippen LogP contribution in [-0.4, -0.2) is 14.5 Å². The second kappa shape index (κ2) is 18.2. The molecule has 73 heavy (non-hydrogen) atoms. The summed E-state index contributed by atoms with van der Waals surface area (Å²) < 4.78 is 91.1. The summed E-state index contributed by atoms with van der Waals surface area (Å²) in [5.74, 6) is 0.228. The van der Waals surface area contributed by atoms with Gasteiger partial charge in [-0.25, -0.2) is 9.97 Å². The van der Waals surface area contributed by atoms with E-state index in [1.807, 2.05) is 95.6 Å². The molecule has 0 fully saturated rings. The molecule has 0 N–H and O–H groups in total. The molecule has 11 rings (SSSR count). The Morgan fingerprint density at radius 3 is 1.12 bits per heavy atom. The summed E-state index contributed by atoms with van der Waals surface area (Å²) >= 11 is 0. The van der Waals surface area contributed by atoms with E-state index in [4.69, 9.17) is 9.97 Å². The fourth-order valence-corrected chi connectivity index (χ4v) is 10.2. The van der Waals surface area contributed by atoms with E-state index < -0.39 is 23.5 Å². The van der Waals surface area contributed by atoms with Crippen LogP contribution in [0.4, 0.5) is 26.3 Å². The van der Waals surface area contributed by atoms with Gasteiger partial charge in [-0.2, -0.15) is 26.3 Å².